The third-order valence-corrected chi connectivity index (χ3v) is 3.74. The van der Waals surface area contributed by atoms with E-state index in [1.807, 2.05) is 18.7 Å². The smallest absolute Gasteiger partial charge is 0.226 e. The molecule has 0 aromatic rings. The van der Waals surface area contributed by atoms with Crippen molar-refractivity contribution in [1.82, 2.24) is 4.90 Å². The van der Waals surface area contributed by atoms with Crippen molar-refractivity contribution < 1.29 is 9.59 Å². The molecule has 15 heavy (non-hydrogen) atoms. The maximum Gasteiger partial charge on any atom is 0.226 e. The summed E-state index contributed by atoms with van der Waals surface area (Å²) >= 11 is 0. The molecule has 3 rings (SSSR count). The average molecular weight is 209 g/mol. The van der Waals surface area contributed by atoms with Crippen molar-refractivity contribution in [2.45, 2.75) is 45.6 Å². The monoisotopic (exact) mass is 209 g/mol. The van der Waals surface area contributed by atoms with Crippen LogP contribution < -0.4 is 0 Å². The van der Waals surface area contributed by atoms with Crippen molar-refractivity contribution in [3.8, 4) is 0 Å². The van der Waals surface area contributed by atoms with E-state index in [2.05, 4.69) is 0 Å². The lowest BCUT2D eigenvalue weighted by molar-refractivity contribution is -0.150. The predicted octanol–water partition coefficient (Wildman–Crippen LogP) is 1.61. The molecule has 1 amide bonds. The minimum Gasteiger partial charge on any atom is -0.332 e. The lowest BCUT2D eigenvalue weighted by Crippen LogP contribution is -2.54. The molecule has 2 heterocycles. The van der Waals surface area contributed by atoms with Gasteiger partial charge in [-0.1, -0.05) is 13.8 Å². The molecule has 2 bridgehead atoms. The molecule has 0 aromatic carbocycles. The van der Waals surface area contributed by atoms with Gasteiger partial charge in [0.05, 0.1) is 6.54 Å². The summed E-state index contributed by atoms with van der Waals surface area (Å²) in [6, 6.07) is 0.352. The second-order valence-electron chi connectivity index (χ2n) is 5.09. The number of fused-ring (bicyclic) bond motifs is 3. The fourth-order valence-corrected chi connectivity index (χ4v) is 2.61. The van der Waals surface area contributed by atoms with Gasteiger partial charge in [-0.2, -0.15) is 0 Å². The van der Waals surface area contributed by atoms with Gasteiger partial charge in [-0.15, -0.1) is 0 Å². The number of ketones is 1. The van der Waals surface area contributed by atoms with E-state index in [1.165, 1.54) is 0 Å². The van der Waals surface area contributed by atoms with Gasteiger partial charge in [0.2, 0.25) is 5.91 Å². The first-order valence-corrected chi connectivity index (χ1v) is 5.92. The number of piperidine rings is 2. The number of carbonyl (C=O) groups excluding carboxylic acids is 2. The summed E-state index contributed by atoms with van der Waals surface area (Å²) in [5, 5.41) is 0. The minimum absolute atomic E-state index is 0.0400. The van der Waals surface area contributed by atoms with Gasteiger partial charge in [0, 0.05) is 17.9 Å². The van der Waals surface area contributed by atoms with Crippen LogP contribution >= 0.6 is 0 Å². The maximum atomic E-state index is 11.9. The van der Waals surface area contributed by atoms with Crippen molar-refractivity contribution in [2.75, 3.05) is 6.54 Å². The molecule has 0 unspecified atom stereocenters. The summed E-state index contributed by atoms with van der Waals surface area (Å²) in [7, 11) is 0. The first kappa shape index (κ1) is 10.7. The van der Waals surface area contributed by atoms with Gasteiger partial charge in [-0.05, 0) is 25.7 Å². The van der Waals surface area contributed by atoms with Gasteiger partial charge in [0.25, 0.3) is 0 Å². The van der Waals surface area contributed by atoms with E-state index in [1.54, 1.807) is 0 Å². The largest absolute Gasteiger partial charge is 0.332 e. The van der Waals surface area contributed by atoms with Gasteiger partial charge in [-0.3, -0.25) is 9.59 Å². The molecule has 0 radical (unpaired) electrons. The summed E-state index contributed by atoms with van der Waals surface area (Å²) in [6.45, 7) is 4.14. The molecule has 0 spiro atoms. The highest BCUT2D eigenvalue weighted by atomic mass is 16.2. The summed E-state index contributed by atoms with van der Waals surface area (Å²) < 4.78 is 0. The maximum absolute atomic E-state index is 11.9. The molecule has 0 aromatic heterocycles. The molecule has 3 nitrogen and oxygen atoms in total. The summed E-state index contributed by atoms with van der Waals surface area (Å²) in [4.78, 5) is 25.4. The molecule has 84 valence electrons. The Bertz CT molecular complexity index is 277. The number of nitrogens with zero attached hydrogens (tertiary/aromatic N) is 1. The zero-order valence-corrected chi connectivity index (χ0v) is 9.53. The first-order chi connectivity index (χ1) is 7.09. The van der Waals surface area contributed by atoms with Gasteiger partial charge in [-0.25, -0.2) is 0 Å². The standard InChI is InChI=1S/C12H19NO2/c1-8(2)11(14)7-13-10-5-3-9(4-6-10)12(13)15/h8-10H,3-7H2,1-2H3. The predicted molar refractivity (Wildman–Crippen MR) is 57.3 cm³/mol. The van der Waals surface area contributed by atoms with Gasteiger partial charge >= 0.3 is 0 Å². The summed E-state index contributed by atoms with van der Waals surface area (Å²) in [5.41, 5.74) is 0. The Balaban J connectivity index is 2.03. The summed E-state index contributed by atoms with van der Waals surface area (Å²) in [5.74, 6) is 0.676. The van der Waals surface area contributed by atoms with E-state index in [-0.39, 0.29) is 23.5 Å². The number of amides is 1. The number of Topliss-reactive ketones (excluding diaryl/α,β-unsaturated/α-hetero) is 1. The van der Waals surface area contributed by atoms with Crippen LogP contribution in [0.4, 0.5) is 0 Å². The second-order valence-corrected chi connectivity index (χ2v) is 5.09. The Hall–Kier alpha value is -0.860. The SMILES string of the molecule is CC(C)C(=O)CN1C(=O)C2CCC1CC2. The van der Waals surface area contributed by atoms with Crippen LogP contribution in [0.5, 0.6) is 0 Å². The van der Waals surface area contributed by atoms with E-state index in [9.17, 15) is 9.59 Å². The van der Waals surface area contributed by atoms with E-state index < -0.39 is 0 Å². The van der Waals surface area contributed by atoms with Crippen LogP contribution in [0.1, 0.15) is 39.5 Å². The zero-order chi connectivity index (χ0) is 11.0. The molecular formula is C12H19NO2. The molecule has 1 saturated carbocycles. The number of rotatable bonds is 3. The van der Waals surface area contributed by atoms with Gasteiger partial charge < -0.3 is 4.90 Å². The number of hydrogen-bond acceptors (Lipinski definition) is 2. The van der Waals surface area contributed by atoms with Crippen molar-refractivity contribution >= 4 is 11.7 Å². The number of carbonyl (C=O) groups is 2. The van der Waals surface area contributed by atoms with Gasteiger partial charge in [0.15, 0.2) is 5.78 Å². The summed E-state index contributed by atoms with van der Waals surface area (Å²) in [6.07, 6.45) is 4.27. The highest BCUT2D eigenvalue weighted by Gasteiger charge is 2.40. The Morgan fingerprint density at radius 2 is 1.93 bits per heavy atom. The van der Waals surface area contributed by atoms with E-state index in [0.717, 1.165) is 25.7 Å². The molecular weight excluding hydrogens is 190 g/mol. The van der Waals surface area contributed by atoms with Crippen molar-refractivity contribution in [1.29, 1.82) is 0 Å². The fraction of sp³-hybridized carbons (Fsp3) is 0.833. The van der Waals surface area contributed by atoms with Gasteiger partial charge in [0.1, 0.15) is 0 Å². The Labute approximate surface area is 90.8 Å². The van der Waals surface area contributed by atoms with Crippen molar-refractivity contribution in [3.05, 3.63) is 0 Å². The van der Waals surface area contributed by atoms with Crippen LogP contribution in [0.2, 0.25) is 0 Å². The fourth-order valence-electron chi connectivity index (χ4n) is 2.61. The molecule has 3 aliphatic rings. The van der Waals surface area contributed by atoms with Crippen LogP contribution in [0.15, 0.2) is 0 Å². The van der Waals surface area contributed by atoms with Crippen LogP contribution in [-0.2, 0) is 9.59 Å². The zero-order valence-electron chi connectivity index (χ0n) is 9.53. The average Bonchev–Trinajstić information content (AvgIpc) is 2.23. The third kappa shape index (κ3) is 1.92. The molecule has 0 N–H and O–H groups in total. The van der Waals surface area contributed by atoms with E-state index in [4.69, 9.17) is 0 Å². The lowest BCUT2D eigenvalue weighted by atomic mass is 9.79. The Kier molecular flexibility index (Phi) is 2.81. The molecule has 2 saturated heterocycles. The molecule has 0 atom stereocenters. The van der Waals surface area contributed by atoms with Crippen molar-refractivity contribution in [2.24, 2.45) is 11.8 Å². The third-order valence-electron chi connectivity index (χ3n) is 3.74. The minimum atomic E-state index is 0.0400. The van der Waals surface area contributed by atoms with Crippen LogP contribution in [-0.4, -0.2) is 29.2 Å². The highest BCUT2D eigenvalue weighted by molar-refractivity contribution is 5.89. The molecule has 1 aliphatic carbocycles. The van der Waals surface area contributed by atoms with E-state index in [0.29, 0.717) is 12.6 Å². The second kappa shape index (κ2) is 3.95. The molecule has 2 aliphatic heterocycles. The Morgan fingerprint density at radius 3 is 2.40 bits per heavy atom. The van der Waals surface area contributed by atoms with Crippen LogP contribution in [0.3, 0.4) is 0 Å². The van der Waals surface area contributed by atoms with Crippen molar-refractivity contribution in [3.63, 3.8) is 0 Å². The number of hydrogen-bond donors (Lipinski definition) is 0. The quantitative estimate of drug-likeness (QED) is 0.708. The first-order valence-electron chi connectivity index (χ1n) is 5.92. The highest BCUT2D eigenvalue weighted by Crippen LogP contribution is 2.35. The van der Waals surface area contributed by atoms with Crippen LogP contribution in [0.25, 0.3) is 0 Å². The lowest BCUT2D eigenvalue weighted by Gasteiger charge is -2.44. The molecule has 3 fully saturated rings. The topological polar surface area (TPSA) is 37.4 Å². The van der Waals surface area contributed by atoms with E-state index >= 15 is 0 Å². The van der Waals surface area contributed by atoms with Crippen LogP contribution in [0, 0.1) is 11.8 Å². The normalized spacial score (nSPS) is 30.1. The Morgan fingerprint density at radius 1 is 1.33 bits per heavy atom. The molecule has 3 heteroatoms.